The number of hydrogen-bond acceptors (Lipinski definition) is 9. The van der Waals surface area contributed by atoms with Crippen molar-refractivity contribution in [1.29, 1.82) is 0 Å². The number of ether oxygens (including phenoxy) is 3. The van der Waals surface area contributed by atoms with Gasteiger partial charge in [-0.3, -0.25) is 0 Å². The van der Waals surface area contributed by atoms with Crippen molar-refractivity contribution in [3.8, 4) is 0 Å². The minimum atomic E-state index is 0.145. The van der Waals surface area contributed by atoms with E-state index < -0.39 is 0 Å². The molecule has 9 heteroatoms. The van der Waals surface area contributed by atoms with Gasteiger partial charge >= 0.3 is 0 Å². The molecule has 6 unspecified atom stereocenters. The van der Waals surface area contributed by atoms with Gasteiger partial charge in [0.05, 0.1) is 18.3 Å². The second kappa shape index (κ2) is 27.5. The van der Waals surface area contributed by atoms with Gasteiger partial charge in [0.1, 0.15) is 0 Å². The Bertz CT molecular complexity index is 1120. The first-order chi connectivity index (χ1) is 28.7. The van der Waals surface area contributed by atoms with E-state index in [0.717, 1.165) is 90.7 Å². The second-order valence-corrected chi connectivity index (χ2v) is 20.3. The Labute approximate surface area is 364 Å². The van der Waals surface area contributed by atoms with E-state index >= 15 is 0 Å². The van der Waals surface area contributed by atoms with E-state index in [2.05, 4.69) is 44.5 Å². The van der Waals surface area contributed by atoms with Crippen LogP contribution in [0.2, 0.25) is 0 Å². The Morgan fingerprint density at radius 3 is 2.12 bits per heavy atom. The lowest BCUT2D eigenvalue weighted by atomic mass is 9.43. The SMILES string of the molecule is C=CCC(CCN)NCCCN(CCCCCCCC)CCC[C@@H](C)C1CC[C@H]2C3[C@H](OCCCN)CC4C[C@H](OCCCN)CCC4(C)[C@H]3C[C@H](OCCCN)C12C. The highest BCUT2D eigenvalue weighted by atomic mass is 16.5. The van der Waals surface area contributed by atoms with Gasteiger partial charge in [-0.25, -0.2) is 0 Å². The Hall–Kier alpha value is -0.620. The molecular weight excluding hydrogens is 733 g/mol. The molecule has 4 aliphatic carbocycles. The van der Waals surface area contributed by atoms with Gasteiger partial charge in [-0.05, 0) is 196 Å². The average Bonchev–Trinajstić information content (AvgIpc) is 3.59. The molecule has 9 N–H and O–H groups in total. The lowest BCUT2D eigenvalue weighted by Crippen LogP contribution is -2.63. The maximum absolute atomic E-state index is 7.14. The van der Waals surface area contributed by atoms with Crippen molar-refractivity contribution >= 4 is 0 Å². The van der Waals surface area contributed by atoms with Gasteiger partial charge in [-0.2, -0.15) is 0 Å². The first-order valence-corrected chi connectivity index (χ1v) is 25.4. The highest BCUT2D eigenvalue weighted by Crippen LogP contribution is 2.69. The summed E-state index contributed by atoms with van der Waals surface area (Å²) in [7, 11) is 0. The van der Waals surface area contributed by atoms with Crippen molar-refractivity contribution in [1.82, 2.24) is 10.2 Å². The van der Waals surface area contributed by atoms with E-state index in [0.29, 0.717) is 78.8 Å². The molecular formula is C50H98N6O3. The van der Waals surface area contributed by atoms with Crippen LogP contribution in [0.3, 0.4) is 0 Å². The van der Waals surface area contributed by atoms with Gasteiger partial charge in [0.15, 0.2) is 0 Å². The molecule has 9 nitrogen and oxygen atoms in total. The van der Waals surface area contributed by atoms with E-state index in [9.17, 15) is 0 Å². The second-order valence-electron chi connectivity index (χ2n) is 20.3. The van der Waals surface area contributed by atoms with Gasteiger partial charge in [0.2, 0.25) is 0 Å². The minimum Gasteiger partial charge on any atom is -0.378 e. The smallest absolute Gasteiger partial charge is 0.0637 e. The van der Waals surface area contributed by atoms with Crippen molar-refractivity contribution in [3.63, 3.8) is 0 Å². The molecule has 0 aromatic heterocycles. The monoisotopic (exact) mass is 831 g/mol. The van der Waals surface area contributed by atoms with Crippen LogP contribution in [0.5, 0.6) is 0 Å². The molecule has 0 spiro atoms. The molecule has 4 fully saturated rings. The van der Waals surface area contributed by atoms with Crippen LogP contribution in [0.4, 0.5) is 0 Å². The lowest BCUT2D eigenvalue weighted by molar-refractivity contribution is -0.227. The lowest BCUT2D eigenvalue weighted by Gasteiger charge is -2.65. The van der Waals surface area contributed by atoms with E-state index in [1.54, 1.807) is 0 Å². The Morgan fingerprint density at radius 2 is 1.41 bits per heavy atom. The Kier molecular flexibility index (Phi) is 23.8. The van der Waals surface area contributed by atoms with E-state index in [1.165, 1.54) is 96.7 Å². The van der Waals surface area contributed by atoms with Gasteiger partial charge < -0.3 is 47.4 Å². The molecule has 0 bridgehead atoms. The third-order valence-corrected chi connectivity index (χ3v) is 16.5. The standard InChI is InChI=1S/C50H98N6O3/c1-6-8-9-10-11-12-30-56(32-17-29-55-41(18-7-2)23-28-54)31-13-19-39(3)43-20-21-44-48-45(38-47(50(43,44)5)59-35-16-27-53)49(4)24-22-42(57-33-14-25-51)36-40(49)37-46(48)58-34-15-26-52/h7,39-48,55H,2,6,8-38,51-54H2,1,3-5H3/t39-,40?,41?,42-,43?,44+,45+,46-,47+,48?,49?,50?/m1/s1. The van der Waals surface area contributed by atoms with Gasteiger partial charge in [0, 0.05) is 31.3 Å². The third kappa shape index (κ3) is 14.4. The maximum atomic E-state index is 7.14. The zero-order valence-electron chi connectivity index (χ0n) is 39.2. The molecule has 12 atom stereocenters. The zero-order chi connectivity index (χ0) is 42.5. The van der Waals surface area contributed by atoms with Crippen molar-refractivity contribution in [2.75, 3.05) is 72.2 Å². The summed E-state index contributed by atoms with van der Waals surface area (Å²) in [5.74, 6) is 3.76. The molecule has 346 valence electrons. The molecule has 4 saturated carbocycles. The van der Waals surface area contributed by atoms with E-state index in [1.807, 2.05) is 6.08 Å². The number of nitrogens with one attached hydrogen (secondary N) is 1. The fraction of sp³-hybridized carbons (Fsp3) is 0.960. The van der Waals surface area contributed by atoms with E-state index in [-0.39, 0.29) is 11.5 Å². The summed E-state index contributed by atoms with van der Waals surface area (Å²) in [6.45, 7) is 24.0. The van der Waals surface area contributed by atoms with Crippen molar-refractivity contribution in [2.45, 2.75) is 187 Å². The summed E-state index contributed by atoms with van der Waals surface area (Å²) >= 11 is 0. The first-order valence-electron chi connectivity index (χ1n) is 25.4. The third-order valence-electron chi connectivity index (χ3n) is 16.5. The predicted molar refractivity (Wildman–Crippen MR) is 249 cm³/mol. The highest BCUT2D eigenvalue weighted by molar-refractivity contribution is 5.15. The molecule has 0 aromatic rings. The summed E-state index contributed by atoms with van der Waals surface area (Å²) in [6, 6.07) is 0.451. The molecule has 0 radical (unpaired) electrons. The molecule has 0 amide bonds. The molecule has 0 aromatic carbocycles. The zero-order valence-corrected chi connectivity index (χ0v) is 39.2. The number of nitrogens with two attached hydrogens (primary N) is 4. The summed E-state index contributed by atoms with van der Waals surface area (Å²) in [4.78, 5) is 2.79. The quantitative estimate of drug-likeness (QED) is 0.0325. The van der Waals surface area contributed by atoms with Gasteiger partial charge in [0.25, 0.3) is 0 Å². The number of nitrogens with zero attached hydrogens (tertiary/aromatic N) is 1. The fourth-order valence-corrected chi connectivity index (χ4v) is 13.2. The maximum Gasteiger partial charge on any atom is 0.0637 e. The summed E-state index contributed by atoms with van der Waals surface area (Å²) < 4.78 is 20.6. The van der Waals surface area contributed by atoms with Crippen LogP contribution in [-0.4, -0.2) is 101 Å². The van der Waals surface area contributed by atoms with Crippen LogP contribution in [0.25, 0.3) is 0 Å². The van der Waals surface area contributed by atoms with Crippen LogP contribution in [0, 0.1) is 46.3 Å². The first kappa shape index (κ1) is 51.0. The number of fused-ring (bicyclic) bond motifs is 5. The number of unbranched alkanes of at least 4 members (excludes halogenated alkanes) is 5. The largest absolute Gasteiger partial charge is 0.378 e. The minimum absolute atomic E-state index is 0.145. The van der Waals surface area contributed by atoms with Crippen LogP contribution < -0.4 is 28.3 Å². The molecule has 59 heavy (non-hydrogen) atoms. The average molecular weight is 831 g/mol. The number of hydrogen-bond donors (Lipinski definition) is 5. The molecule has 4 rings (SSSR count). The summed E-state index contributed by atoms with van der Waals surface area (Å²) in [6.07, 6.45) is 28.1. The van der Waals surface area contributed by atoms with Crippen molar-refractivity contribution < 1.29 is 14.2 Å². The normalized spacial score (nSPS) is 32.8. The van der Waals surface area contributed by atoms with Crippen LogP contribution in [0.1, 0.15) is 163 Å². The Balaban J connectivity index is 1.46. The fourth-order valence-electron chi connectivity index (χ4n) is 13.2. The van der Waals surface area contributed by atoms with Crippen molar-refractivity contribution in [3.05, 3.63) is 12.7 Å². The van der Waals surface area contributed by atoms with Gasteiger partial charge in [-0.15, -0.1) is 6.58 Å². The number of rotatable bonds is 33. The van der Waals surface area contributed by atoms with Gasteiger partial charge in [-0.1, -0.05) is 65.9 Å². The van der Waals surface area contributed by atoms with E-state index in [4.69, 9.17) is 37.1 Å². The van der Waals surface area contributed by atoms with Crippen LogP contribution in [0.15, 0.2) is 12.7 Å². The molecule has 4 aliphatic rings. The summed E-state index contributed by atoms with van der Waals surface area (Å²) in [5, 5.41) is 3.78. The molecule has 0 saturated heterocycles. The van der Waals surface area contributed by atoms with Crippen LogP contribution >= 0.6 is 0 Å². The topological polar surface area (TPSA) is 147 Å². The summed E-state index contributed by atoms with van der Waals surface area (Å²) in [5.41, 5.74) is 24.3. The Morgan fingerprint density at radius 1 is 0.729 bits per heavy atom. The molecule has 0 aliphatic heterocycles. The predicted octanol–water partition coefficient (Wildman–Crippen LogP) is 8.42. The van der Waals surface area contributed by atoms with Crippen LogP contribution in [-0.2, 0) is 14.2 Å². The highest BCUT2D eigenvalue weighted by Gasteiger charge is 2.66. The van der Waals surface area contributed by atoms with Crippen molar-refractivity contribution in [2.24, 2.45) is 69.3 Å². The molecule has 0 heterocycles.